The van der Waals surface area contributed by atoms with Crippen molar-refractivity contribution in [3.63, 3.8) is 0 Å². The van der Waals surface area contributed by atoms with Gasteiger partial charge in [0.05, 0.1) is 6.04 Å². The molecule has 1 amide bonds. The fourth-order valence-electron chi connectivity index (χ4n) is 3.20. The molecule has 2 fully saturated rings. The standard InChI is InChI=1S/C14H26N2O/c1-9-7-8-12(11(9)3)16-14(17)13-6-4-5-10(2)15-13/h9-13,15H,4-8H2,1-3H3,(H,16,17). The van der Waals surface area contributed by atoms with Crippen molar-refractivity contribution in [2.75, 3.05) is 0 Å². The van der Waals surface area contributed by atoms with Gasteiger partial charge in [-0.3, -0.25) is 4.79 Å². The van der Waals surface area contributed by atoms with Gasteiger partial charge in [-0.05, 0) is 50.9 Å². The highest BCUT2D eigenvalue weighted by atomic mass is 16.2. The average Bonchev–Trinajstić information content (AvgIpc) is 2.61. The van der Waals surface area contributed by atoms with Crippen LogP contribution in [-0.2, 0) is 4.79 Å². The van der Waals surface area contributed by atoms with E-state index in [4.69, 9.17) is 0 Å². The van der Waals surface area contributed by atoms with E-state index in [1.807, 2.05) is 0 Å². The summed E-state index contributed by atoms with van der Waals surface area (Å²) >= 11 is 0. The van der Waals surface area contributed by atoms with E-state index in [9.17, 15) is 4.79 Å². The first-order valence-corrected chi connectivity index (χ1v) is 7.14. The lowest BCUT2D eigenvalue weighted by Gasteiger charge is -2.30. The van der Waals surface area contributed by atoms with E-state index < -0.39 is 0 Å². The summed E-state index contributed by atoms with van der Waals surface area (Å²) in [5, 5.41) is 6.65. The summed E-state index contributed by atoms with van der Waals surface area (Å²) < 4.78 is 0. The maximum Gasteiger partial charge on any atom is 0.237 e. The lowest BCUT2D eigenvalue weighted by molar-refractivity contribution is -0.124. The van der Waals surface area contributed by atoms with E-state index in [-0.39, 0.29) is 11.9 Å². The highest BCUT2D eigenvalue weighted by Gasteiger charge is 2.33. The smallest absolute Gasteiger partial charge is 0.237 e. The van der Waals surface area contributed by atoms with E-state index in [2.05, 4.69) is 31.4 Å². The molecule has 0 aromatic heterocycles. The molecule has 3 heteroatoms. The Morgan fingerprint density at radius 1 is 1.12 bits per heavy atom. The van der Waals surface area contributed by atoms with Crippen molar-refractivity contribution in [2.24, 2.45) is 11.8 Å². The largest absolute Gasteiger partial charge is 0.352 e. The molecule has 98 valence electrons. The first-order chi connectivity index (χ1) is 8.08. The van der Waals surface area contributed by atoms with Crippen molar-refractivity contribution in [2.45, 2.75) is 71.0 Å². The topological polar surface area (TPSA) is 41.1 Å². The summed E-state index contributed by atoms with van der Waals surface area (Å²) in [6.07, 6.45) is 5.76. The summed E-state index contributed by atoms with van der Waals surface area (Å²) in [4.78, 5) is 12.2. The molecule has 0 aromatic carbocycles. The van der Waals surface area contributed by atoms with E-state index >= 15 is 0 Å². The number of hydrogen-bond donors (Lipinski definition) is 2. The molecule has 0 aromatic rings. The van der Waals surface area contributed by atoms with Crippen LogP contribution in [-0.4, -0.2) is 24.0 Å². The molecule has 1 saturated carbocycles. The highest BCUT2D eigenvalue weighted by Crippen LogP contribution is 2.31. The predicted octanol–water partition coefficient (Wildman–Crippen LogP) is 2.07. The van der Waals surface area contributed by atoms with Crippen LogP contribution in [0.5, 0.6) is 0 Å². The van der Waals surface area contributed by atoms with Crippen LogP contribution in [0.2, 0.25) is 0 Å². The molecule has 0 spiro atoms. The Morgan fingerprint density at radius 3 is 2.47 bits per heavy atom. The van der Waals surface area contributed by atoms with Crippen molar-refractivity contribution >= 4 is 5.91 Å². The zero-order valence-corrected chi connectivity index (χ0v) is 11.3. The van der Waals surface area contributed by atoms with Crippen molar-refractivity contribution in [1.29, 1.82) is 0 Å². The molecular formula is C14H26N2O. The molecule has 0 bridgehead atoms. The minimum atomic E-state index is 0.0434. The Balaban J connectivity index is 1.84. The molecule has 2 rings (SSSR count). The third-order valence-electron chi connectivity index (χ3n) is 4.73. The maximum absolute atomic E-state index is 12.2. The van der Waals surface area contributed by atoms with Crippen LogP contribution in [0.1, 0.15) is 52.9 Å². The zero-order valence-electron chi connectivity index (χ0n) is 11.3. The quantitative estimate of drug-likeness (QED) is 0.773. The van der Waals surface area contributed by atoms with Gasteiger partial charge >= 0.3 is 0 Å². The second kappa shape index (κ2) is 5.38. The van der Waals surface area contributed by atoms with Gasteiger partial charge in [-0.2, -0.15) is 0 Å². The van der Waals surface area contributed by atoms with Crippen LogP contribution in [0.4, 0.5) is 0 Å². The number of piperidine rings is 1. The van der Waals surface area contributed by atoms with Crippen LogP contribution in [0.25, 0.3) is 0 Å². The number of hydrogen-bond acceptors (Lipinski definition) is 2. The molecule has 1 saturated heterocycles. The van der Waals surface area contributed by atoms with Gasteiger partial charge in [0.15, 0.2) is 0 Å². The minimum absolute atomic E-state index is 0.0434. The lowest BCUT2D eigenvalue weighted by Crippen LogP contribution is -2.52. The Bertz CT molecular complexity index is 279. The second-order valence-electron chi connectivity index (χ2n) is 6.08. The fraction of sp³-hybridized carbons (Fsp3) is 0.929. The summed E-state index contributed by atoms with van der Waals surface area (Å²) in [5.74, 6) is 1.60. The van der Waals surface area contributed by atoms with Gasteiger partial charge in [0, 0.05) is 12.1 Å². The van der Waals surface area contributed by atoms with Gasteiger partial charge < -0.3 is 10.6 Å². The van der Waals surface area contributed by atoms with Gasteiger partial charge in [0.25, 0.3) is 0 Å². The van der Waals surface area contributed by atoms with E-state index in [0.29, 0.717) is 18.0 Å². The summed E-state index contributed by atoms with van der Waals surface area (Å²) in [7, 11) is 0. The number of nitrogens with one attached hydrogen (secondary N) is 2. The Labute approximate surface area is 105 Å². The molecule has 2 aliphatic rings. The lowest BCUT2D eigenvalue weighted by atomic mass is 9.96. The summed E-state index contributed by atoms with van der Waals surface area (Å²) in [5.41, 5.74) is 0. The molecule has 1 aliphatic carbocycles. The molecule has 17 heavy (non-hydrogen) atoms. The average molecular weight is 238 g/mol. The predicted molar refractivity (Wildman–Crippen MR) is 69.7 cm³/mol. The number of rotatable bonds is 2. The van der Waals surface area contributed by atoms with Gasteiger partial charge in [-0.15, -0.1) is 0 Å². The highest BCUT2D eigenvalue weighted by molar-refractivity contribution is 5.82. The summed E-state index contributed by atoms with van der Waals surface area (Å²) in [6.45, 7) is 6.72. The normalized spacial score (nSPS) is 42.4. The van der Waals surface area contributed by atoms with Crippen LogP contribution in [0.15, 0.2) is 0 Å². The van der Waals surface area contributed by atoms with Crippen LogP contribution < -0.4 is 10.6 Å². The molecule has 3 nitrogen and oxygen atoms in total. The van der Waals surface area contributed by atoms with Crippen LogP contribution in [0.3, 0.4) is 0 Å². The Hall–Kier alpha value is -0.570. The molecule has 5 atom stereocenters. The van der Waals surface area contributed by atoms with Crippen LogP contribution >= 0.6 is 0 Å². The third kappa shape index (κ3) is 3.01. The molecular weight excluding hydrogens is 212 g/mol. The zero-order chi connectivity index (χ0) is 12.4. The molecule has 1 aliphatic heterocycles. The van der Waals surface area contributed by atoms with Gasteiger partial charge in [-0.1, -0.05) is 13.8 Å². The second-order valence-corrected chi connectivity index (χ2v) is 6.08. The van der Waals surface area contributed by atoms with Crippen molar-refractivity contribution in [3.8, 4) is 0 Å². The van der Waals surface area contributed by atoms with Gasteiger partial charge in [-0.25, -0.2) is 0 Å². The number of carbonyl (C=O) groups is 1. The number of amides is 1. The SMILES string of the molecule is CC1CCCC(C(=O)NC2CCC(C)C2C)N1. The molecule has 1 heterocycles. The molecule has 2 N–H and O–H groups in total. The first-order valence-electron chi connectivity index (χ1n) is 7.14. The van der Waals surface area contributed by atoms with E-state index in [1.54, 1.807) is 0 Å². The first kappa shape index (κ1) is 12.9. The van der Waals surface area contributed by atoms with Crippen molar-refractivity contribution < 1.29 is 4.79 Å². The van der Waals surface area contributed by atoms with Gasteiger partial charge in [0.1, 0.15) is 0 Å². The Kier molecular flexibility index (Phi) is 4.08. The maximum atomic E-state index is 12.2. The van der Waals surface area contributed by atoms with E-state index in [0.717, 1.165) is 18.8 Å². The molecule has 0 radical (unpaired) electrons. The fourth-order valence-corrected chi connectivity index (χ4v) is 3.20. The molecule has 5 unspecified atom stereocenters. The summed E-state index contributed by atoms with van der Waals surface area (Å²) in [6, 6.07) is 0.929. The minimum Gasteiger partial charge on any atom is -0.352 e. The van der Waals surface area contributed by atoms with Crippen molar-refractivity contribution in [1.82, 2.24) is 10.6 Å². The Morgan fingerprint density at radius 2 is 1.88 bits per heavy atom. The van der Waals surface area contributed by atoms with E-state index in [1.165, 1.54) is 19.3 Å². The van der Waals surface area contributed by atoms with Crippen LogP contribution in [0, 0.1) is 11.8 Å². The third-order valence-corrected chi connectivity index (χ3v) is 4.73. The van der Waals surface area contributed by atoms with Crippen molar-refractivity contribution in [3.05, 3.63) is 0 Å². The monoisotopic (exact) mass is 238 g/mol. The van der Waals surface area contributed by atoms with Gasteiger partial charge in [0.2, 0.25) is 5.91 Å². The number of carbonyl (C=O) groups excluding carboxylic acids is 1.